The molecule has 18 heavy (non-hydrogen) atoms. The van der Waals surface area contributed by atoms with Crippen LogP contribution < -0.4 is 5.69 Å². The number of aromatic nitrogens is 3. The molecule has 94 valence electrons. The second kappa shape index (κ2) is 4.30. The minimum atomic E-state index is -1.26. The summed E-state index contributed by atoms with van der Waals surface area (Å²) in [5, 5.41) is 13.2. The van der Waals surface area contributed by atoms with Gasteiger partial charge in [-0.05, 0) is 24.6 Å². The Bertz CT molecular complexity index is 687. The van der Waals surface area contributed by atoms with Gasteiger partial charge in [-0.2, -0.15) is 4.68 Å². The highest BCUT2D eigenvalue weighted by atomic mass is 35.5. The molecule has 0 aliphatic heterocycles. The van der Waals surface area contributed by atoms with E-state index < -0.39 is 11.7 Å². The van der Waals surface area contributed by atoms with Crippen LogP contribution in [0.3, 0.4) is 0 Å². The highest BCUT2D eigenvalue weighted by molar-refractivity contribution is 6.30. The largest absolute Gasteiger partial charge is 0.475 e. The fourth-order valence-electron chi connectivity index (χ4n) is 1.59. The van der Waals surface area contributed by atoms with E-state index in [1.165, 1.54) is 7.05 Å². The third-order valence-electron chi connectivity index (χ3n) is 2.57. The summed E-state index contributed by atoms with van der Waals surface area (Å²) in [6, 6.07) is 4.99. The highest BCUT2D eigenvalue weighted by Crippen LogP contribution is 2.17. The van der Waals surface area contributed by atoms with Crippen LogP contribution >= 0.6 is 11.6 Å². The van der Waals surface area contributed by atoms with Gasteiger partial charge in [-0.1, -0.05) is 17.7 Å². The van der Waals surface area contributed by atoms with Crippen molar-refractivity contribution in [3.8, 4) is 5.69 Å². The van der Waals surface area contributed by atoms with Crippen molar-refractivity contribution < 1.29 is 9.90 Å². The molecule has 0 bridgehead atoms. The maximum atomic E-state index is 11.9. The van der Waals surface area contributed by atoms with Crippen molar-refractivity contribution in [1.82, 2.24) is 14.3 Å². The summed E-state index contributed by atoms with van der Waals surface area (Å²) in [6.07, 6.45) is 0. The lowest BCUT2D eigenvalue weighted by Crippen LogP contribution is -2.23. The zero-order valence-corrected chi connectivity index (χ0v) is 10.5. The fraction of sp³-hybridized carbons (Fsp3) is 0.182. The van der Waals surface area contributed by atoms with Crippen LogP contribution in [0.15, 0.2) is 23.0 Å². The molecule has 0 atom stereocenters. The average molecular weight is 268 g/mol. The van der Waals surface area contributed by atoms with Gasteiger partial charge in [0.05, 0.1) is 5.69 Å². The number of carbonyl (C=O) groups is 1. The highest BCUT2D eigenvalue weighted by Gasteiger charge is 2.18. The van der Waals surface area contributed by atoms with Crippen LogP contribution in [-0.4, -0.2) is 25.4 Å². The lowest BCUT2D eigenvalue weighted by molar-refractivity contribution is 0.0678. The molecule has 2 rings (SSSR count). The molecule has 0 unspecified atom stereocenters. The van der Waals surface area contributed by atoms with Crippen molar-refractivity contribution in [2.75, 3.05) is 0 Å². The number of carboxylic acids is 1. The van der Waals surface area contributed by atoms with Crippen molar-refractivity contribution >= 4 is 17.6 Å². The smallest absolute Gasteiger partial charge is 0.374 e. The zero-order valence-electron chi connectivity index (χ0n) is 9.72. The van der Waals surface area contributed by atoms with E-state index in [-0.39, 0.29) is 5.82 Å². The molecule has 1 aromatic heterocycles. The summed E-state index contributed by atoms with van der Waals surface area (Å²) < 4.78 is 2.01. The molecule has 1 aromatic carbocycles. The van der Waals surface area contributed by atoms with Gasteiger partial charge in [0.15, 0.2) is 0 Å². The zero-order chi connectivity index (χ0) is 13.4. The normalized spacial score (nSPS) is 10.6. The summed E-state index contributed by atoms with van der Waals surface area (Å²) in [4.78, 5) is 22.8. The van der Waals surface area contributed by atoms with Gasteiger partial charge in [-0.25, -0.2) is 9.59 Å². The maximum Gasteiger partial charge on any atom is 0.374 e. The first-order chi connectivity index (χ1) is 8.41. The van der Waals surface area contributed by atoms with E-state index >= 15 is 0 Å². The van der Waals surface area contributed by atoms with Crippen molar-refractivity contribution in [2.24, 2.45) is 7.05 Å². The molecule has 7 heteroatoms. The molecule has 0 fully saturated rings. The number of halogens is 1. The van der Waals surface area contributed by atoms with E-state index in [4.69, 9.17) is 16.7 Å². The molecular formula is C11H10ClN3O3. The van der Waals surface area contributed by atoms with Gasteiger partial charge in [0.1, 0.15) is 0 Å². The van der Waals surface area contributed by atoms with Gasteiger partial charge >= 0.3 is 11.7 Å². The molecular weight excluding hydrogens is 258 g/mol. The number of carboxylic acid groups (broad SMARTS) is 1. The summed E-state index contributed by atoms with van der Waals surface area (Å²) >= 11 is 5.86. The number of aryl methyl sites for hydroxylation is 1. The third kappa shape index (κ3) is 1.91. The topological polar surface area (TPSA) is 77.1 Å². The molecule has 0 amide bonds. The van der Waals surface area contributed by atoms with Gasteiger partial charge in [-0.15, -0.1) is 5.10 Å². The number of benzene rings is 1. The molecule has 1 N–H and O–H groups in total. The Morgan fingerprint density at radius 1 is 1.44 bits per heavy atom. The molecule has 6 nitrogen and oxygen atoms in total. The minimum Gasteiger partial charge on any atom is -0.475 e. The lowest BCUT2D eigenvalue weighted by atomic mass is 10.2. The number of hydrogen-bond donors (Lipinski definition) is 1. The second-order valence-corrected chi connectivity index (χ2v) is 4.25. The predicted molar refractivity (Wildman–Crippen MR) is 65.5 cm³/mol. The monoisotopic (exact) mass is 267 g/mol. The Balaban J connectivity index is 2.72. The Morgan fingerprint density at radius 3 is 2.67 bits per heavy atom. The predicted octanol–water partition coefficient (Wildman–Crippen LogP) is 1.23. The van der Waals surface area contributed by atoms with E-state index in [1.807, 2.05) is 0 Å². The van der Waals surface area contributed by atoms with E-state index in [9.17, 15) is 9.59 Å². The molecule has 0 aliphatic carbocycles. The molecule has 1 heterocycles. The summed E-state index contributed by atoms with van der Waals surface area (Å²) in [7, 11) is 1.36. The molecule has 0 spiro atoms. The quantitative estimate of drug-likeness (QED) is 0.888. The first-order valence-electron chi connectivity index (χ1n) is 5.07. The number of hydrogen-bond acceptors (Lipinski definition) is 3. The van der Waals surface area contributed by atoms with Gasteiger partial charge in [0.25, 0.3) is 0 Å². The average Bonchev–Trinajstić information content (AvgIpc) is 2.60. The van der Waals surface area contributed by atoms with Gasteiger partial charge < -0.3 is 5.11 Å². The van der Waals surface area contributed by atoms with E-state index in [1.54, 1.807) is 25.1 Å². The van der Waals surface area contributed by atoms with Crippen LogP contribution in [0.1, 0.15) is 16.2 Å². The van der Waals surface area contributed by atoms with Crippen molar-refractivity contribution in [3.05, 3.63) is 45.1 Å². The Hall–Kier alpha value is -2.08. The Morgan fingerprint density at radius 2 is 2.11 bits per heavy atom. The third-order valence-corrected chi connectivity index (χ3v) is 2.81. The van der Waals surface area contributed by atoms with Gasteiger partial charge in [0, 0.05) is 12.1 Å². The summed E-state index contributed by atoms with van der Waals surface area (Å²) in [5.74, 6) is -1.58. The molecule has 0 radical (unpaired) electrons. The van der Waals surface area contributed by atoms with Crippen LogP contribution in [0.25, 0.3) is 5.69 Å². The first kappa shape index (κ1) is 12.4. The number of aromatic carboxylic acids is 1. The summed E-state index contributed by atoms with van der Waals surface area (Å²) in [6.45, 7) is 1.78. The minimum absolute atomic E-state index is 0.320. The van der Waals surface area contributed by atoms with Gasteiger partial charge in [0.2, 0.25) is 5.82 Å². The Labute approximate surface area is 107 Å². The van der Waals surface area contributed by atoms with Crippen molar-refractivity contribution in [3.63, 3.8) is 0 Å². The molecule has 0 saturated heterocycles. The molecule has 0 aliphatic rings. The van der Waals surface area contributed by atoms with E-state index in [0.29, 0.717) is 10.7 Å². The summed E-state index contributed by atoms with van der Waals surface area (Å²) in [5.41, 5.74) is 0.713. The molecule has 2 aromatic rings. The molecule has 0 saturated carbocycles. The van der Waals surface area contributed by atoms with Crippen molar-refractivity contribution in [2.45, 2.75) is 6.92 Å². The van der Waals surface area contributed by atoms with Crippen LogP contribution in [0, 0.1) is 6.92 Å². The van der Waals surface area contributed by atoms with Crippen LogP contribution in [0.2, 0.25) is 5.02 Å². The van der Waals surface area contributed by atoms with Crippen LogP contribution in [0.5, 0.6) is 0 Å². The fourth-order valence-corrected chi connectivity index (χ4v) is 1.76. The van der Waals surface area contributed by atoms with Crippen LogP contribution in [-0.2, 0) is 7.05 Å². The first-order valence-corrected chi connectivity index (χ1v) is 5.45. The number of rotatable bonds is 2. The van der Waals surface area contributed by atoms with Crippen molar-refractivity contribution in [1.29, 1.82) is 0 Å². The number of nitrogens with zero attached hydrogens (tertiary/aromatic N) is 3. The van der Waals surface area contributed by atoms with E-state index in [2.05, 4.69) is 5.10 Å². The standard InChI is InChI=1S/C11H10ClN3O3/c1-6-3-4-7(12)5-8(6)15-11(18)14(2)9(13-15)10(16)17/h3-5H,1-2H3,(H,16,17). The van der Waals surface area contributed by atoms with Crippen LogP contribution in [0.4, 0.5) is 0 Å². The maximum absolute atomic E-state index is 11.9. The van der Waals surface area contributed by atoms with E-state index in [0.717, 1.165) is 14.8 Å². The SMILES string of the molecule is Cc1ccc(Cl)cc1-n1nc(C(=O)O)n(C)c1=O. The Kier molecular flexibility index (Phi) is 2.96. The second-order valence-electron chi connectivity index (χ2n) is 3.81. The lowest BCUT2D eigenvalue weighted by Gasteiger charge is -2.04. The van der Waals surface area contributed by atoms with Gasteiger partial charge in [-0.3, -0.25) is 4.57 Å².